The largest absolute Gasteiger partial charge is 0.497 e. The molecule has 1 atom stereocenters. The summed E-state index contributed by atoms with van der Waals surface area (Å²) in [4.78, 5) is 52.8. The standard InChI is InChI=1S/C34H28BrN3O7/c1-20-23-8-6-7-11-29(23)45-30(20)28(19-44-38-32(39)24-9-4-5-10-25(24)33(38)40)37(18-21-12-14-22(42-2)15-13-21)34(41)27-17-16-26(35)31(36-27)43-3/h4-17,28H,18-19H2,1-3H3. The first-order valence-corrected chi connectivity index (χ1v) is 14.8. The molecular formula is C34H28BrN3O7. The highest BCUT2D eigenvalue weighted by Crippen LogP contribution is 2.36. The van der Waals surface area contributed by atoms with E-state index in [2.05, 4.69) is 20.9 Å². The van der Waals surface area contributed by atoms with Gasteiger partial charge in [0.1, 0.15) is 35.4 Å². The minimum atomic E-state index is -0.896. The Morgan fingerprint density at radius 2 is 1.58 bits per heavy atom. The SMILES string of the molecule is COc1ccc(CN(C(=O)c2ccc(Br)c(OC)n2)C(CON2C(=O)c3ccccc3C2=O)c2oc3ccccc3c2C)cc1. The Balaban J connectivity index is 1.44. The van der Waals surface area contributed by atoms with Crippen LogP contribution in [0.25, 0.3) is 11.0 Å². The molecule has 11 heteroatoms. The molecule has 0 saturated heterocycles. The number of carbonyl (C=O) groups excluding carboxylic acids is 3. The number of amides is 3. The van der Waals surface area contributed by atoms with Crippen molar-refractivity contribution in [2.75, 3.05) is 20.8 Å². The number of ether oxygens (including phenoxy) is 2. The van der Waals surface area contributed by atoms with Crippen LogP contribution in [0.2, 0.25) is 0 Å². The smallest absolute Gasteiger partial charge is 0.285 e. The van der Waals surface area contributed by atoms with E-state index in [1.165, 1.54) is 7.11 Å². The van der Waals surface area contributed by atoms with E-state index in [0.717, 1.165) is 21.6 Å². The zero-order valence-corrected chi connectivity index (χ0v) is 26.2. The zero-order valence-electron chi connectivity index (χ0n) is 24.7. The number of fused-ring (bicyclic) bond motifs is 2. The van der Waals surface area contributed by atoms with E-state index >= 15 is 0 Å². The number of para-hydroxylation sites is 1. The molecule has 0 N–H and O–H groups in total. The van der Waals surface area contributed by atoms with E-state index in [9.17, 15) is 14.4 Å². The van der Waals surface area contributed by atoms with Crippen molar-refractivity contribution in [2.24, 2.45) is 0 Å². The van der Waals surface area contributed by atoms with Crippen LogP contribution in [0.5, 0.6) is 11.6 Å². The Bertz CT molecular complexity index is 1890. The number of furan rings is 1. The third kappa shape index (κ3) is 5.67. The van der Waals surface area contributed by atoms with Gasteiger partial charge in [0.2, 0.25) is 5.88 Å². The van der Waals surface area contributed by atoms with Crippen molar-refractivity contribution in [1.82, 2.24) is 14.9 Å². The minimum Gasteiger partial charge on any atom is -0.497 e. The fraction of sp³-hybridized carbons (Fsp3) is 0.176. The molecule has 2 aromatic heterocycles. The van der Waals surface area contributed by atoms with Crippen molar-refractivity contribution in [3.05, 3.63) is 123 Å². The third-order valence-electron chi connectivity index (χ3n) is 7.68. The van der Waals surface area contributed by atoms with Crippen molar-refractivity contribution in [2.45, 2.75) is 19.5 Å². The number of hydrogen-bond acceptors (Lipinski definition) is 8. The molecule has 0 radical (unpaired) electrons. The Morgan fingerprint density at radius 3 is 2.22 bits per heavy atom. The van der Waals surface area contributed by atoms with Gasteiger partial charge < -0.3 is 18.8 Å². The molecule has 1 aliphatic heterocycles. The Labute approximate surface area is 267 Å². The van der Waals surface area contributed by atoms with Crippen molar-refractivity contribution >= 4 is 44.6 Å². The molecular weight excluding hydrogens is 642 g/mol. The van der Waals surface area contributed by atoms with Gasteiger partial charge in [-0.2, -0.15) is 0 Å². The Hall–Kier alpha value is -5.00. The quantitative estimate of drug-likeness (QED) is 0.154. The highest BCUT2D eigenvalue weighted by molar-refractivity contribution is 9.10. The first kappa shape index (κ1) is 30.0. The predicted octanol–water partition coefficient (Wildman–Crippen LogP) is 6.53. The van der Waals surface area contributed by atoms with Crippen molar-refractivity contribution < 1.29 is 33.1 Å². The molecule has 228 valence electrons. The highest BCUT2D eigenvalue weighted by Gasteiger charge is 2.39. The summed E-state index contributed by atoms with van der Waals surface area (Å²) < 4.78 is 17.6. The van der Waals surface area contributed by atoms with Crippen molar-refractivity contribution in [3.63, 3.8) is 0 Å². The molecule has 0 spiro atoms. The molecule has 1 unspecified atom stereocenters. The monoisotopic (exact) mass is 669 g/mol. The second kappa shape index (κ2) is 12.5. The molecule has 1 aliphatic rings. The number of benzene rings is 3. The van der Waals surface area contributed by atoms with Crippen LogP contribution < -0.4 is 9.47 Å². The summed E-state index contributed by atoms with van der Waals surface area (Å²) in [6.45, 7) is 1.73. The molecule has 5 aromatic rings. The topological polar surface area (TPSA) is 111 Å². The second-order valence-corrected chi connectivity index (χ2v) is 11.2. The predicted molar refractivity (Wildman–Crippen MR) is 168 cm³/mol. The molecule has 3 heterocycles. The van der Waals surface area contributed by atoms with E-state index in [4.69, 9.17) is 18.7 Å². The first-order chi connectivity index (χ1) is 21.8. The van der Waals surface area contributed by atoms with Gasteiger partial charge in [0.15, 0.2) is 0 Å². The van der Waals surface area contributed by atoms with Gasteiger partial charge in [-0.25, -0.2) is 4.98 Å². The molecule has 3 amide bonds. The lowest BCUT2D eigenvalue weighted by atomic mass is 10.1. The molecule has 0 aliphatic carbocycles. The fourth-order valence-electron chi connectivity index (χ4n) is 5.33. The molecule has 0 saturated carbocycles. The lowest BCUT2D eigenvalue weighted by Crippen LogP contribution is -2.40. The van der Waals surface area contributed by atoms with Crippen molar-refractivity contribution in [3.8, 4) is 11.6 Å². The minimum absolute atomic E-state index is 0.107. The van der Waals surface area contributed by atoms with Crippen LogP contribution in [0.3, 0.4) is 0 Å². The maximum Gasteiger partial charge on any atom is 0.285 e. The fourth-order valence-corrected chi connectivity index (χ4v) is 5.71. The van der Waals surface area contributed by atoms with E-state index < -0.39 is 23.8 Å². The van der Waals surface area contributed by atoms with Gasteiger partial charge in [0.05, 0.1) is 29.8 Å². The first-order valence-electron chi connectivity index (χ1n) is 14.0. The van der Waals surface area contributed by atoms with Gasteiger partial charge >= 0.3 is 0 Å². The summed E-state index contributed by atoms with van der Waals surface area (Å²) in [5.74, 6) is -0.268. The van der Waals surface area contributed by atoms with Crippen LogP contribution in [0.15, 0.2) is 93.8 Å². The van der Waals surface area contributed by atoms with Crippen LogP contribution in [0, 0.1) is 6.92 Å². The lowest BCUT2D eigenvalue weighted by Gasteiger charge is -2.31. The van der Waals surface area contributed by atoms with Gasteiger partial charge in [-0.3, -0.25) is 19.2 Å². The number of aromatic nitrogens is 1. The number of hydrogen-bond donors (Lipinski definition) is 0. The number of carbonyl (C=O) groups is 3. The average molecular weight is 671 g/mol. The average Bonchev–Trinajstić information content (AvgIpc) is 3.53. The summed E-state index contributed by atoms with van der Waals surface area (Å²) >= 11 is 3.40. The summed E-state index contributed by atoms with van der Waals surface area (Å²) in [5.41, 5.74) is 2.80. The third-order valence-corrected chi connectivity index (χ3v) is 8.28. The number of hydroxylamine groups is 2. The number of aryl methyl sites for hydroxylation is 1. The van der Waals surface area contributed by atoms with Gasteiger partial charge in [-0.05, 0) is 70.9 Å². The maximum atomic E-state index is 14.4. The molecule has 0 fully saturated rings. The summed E-state index contributed by atoms with van der Waals surface area (Å²) in [7, 11) is 3.04. The lowest BCUT2D eigenvalue weighted by molar-refractivity contribution is -0.108. The van der Waals surface area contributed by atoms with E-state index in [1.54, 1.807) is 60.5 Å². The number of methoxy groups -OCH3 is 2. The number of pyridine rings is 1. The Kier molecular flexibility index (Phi) is 8.38. The zero-order chi connectivity index (χ0) is 31.7. The van der Waals surface area contributed by atoms with Crippen LogP contribution in [-0.2, 0) is 11.4 Å². The number of rotatable bonds is 10. The summed E-state index contributed by atoms with van der Waals surface area (Å²) in [6.07, 6.45) is 0. The molecule has 45 heavy (non-hydrogen) atoms. The van der Waals surface area contributed by atoms with E-state index in [0.29, 0.717) is 21.6 Å². The van der Waals surface area contributed by atoms with Crippen molar-refractivity contribution in [1.29, 1.82) is 0 Å². The van der Waals surface area contributed by atoms with E-state index in [1.807, 2.05) is 43.3 Å². The summed E-state index contributed by atoms with van der Waals surface area (Å²) in [5, 5.41) is 1.60. The van der Waals surface area contributed by atoms with Gasteiger partial charge in [-0.15, -0.1) is 5.06 Å². The van der Waals surface area contributed by atoms with Crippen LogP contribution in [0.1, 0.15) is 54.1 Å². The second-order valence-electron chi connectivity index (χ2n) is 10.3. The van der Waals surface area contributed by atoms with Gasteiger partial charge in [-0.1, -0.05) is 42.5 Å². The normalized spacial score (nSPS) is 13.2. The van der Waals surface area contributed by atoms with Gasteiger partial charge in [0, 0.05) is 17.5 Å². The van der Waals surface area contributed by atoms with Crippen LogP contribution in [0.4, 0.5) is 0 Å². The summed E-state index contributed by atoms with van der Waals surface area (Å²) in [6, 6.07) is 23.7. The molecule has 3 aromatic carbocycles. The van der Waals surface area contributed by atoms with E-state index in [-0.39, 0.29) is 35.9 Å². The molecule has 0 bridgehead atoms. The van der Waals surface area contributed by atoms with Gasteiger partial charge in [0.25, 0.3) is 17.7 Å². The molecule has 6 rings (SSSR count). The number of imide groups is 1. The maximum absolute atomic E-state index is 14.4. The number of nitrogens with zero attached hydrogens (tertiary/aromatic N) is 3. The molecule has 10 nitrogen and oxygen atoms in total. The Morgan fingerprint density at radius 1 is 0.911 bits per heavy atom. The van der Waals surface area contributed by atoms with Crippen LogP contribution >= 0.6 is 15.9 Å². The van der Waals surface area contributed by atoms with Crippen LogP contribution in [-0.4, -0.2) is 53.5 Å². The number of halogens is 1. The highest BCUT2D eigenvalue weighted by atomic mass is 79.9.